The molecule has 0 rings (SSSR count). The molecule has 0 bridgehead atoms. The highest BCUT2D eigenvalue weighted by atomic mass is 16.3. The van der Waals surface area contributed by atoms with E-state index in [1.807, 2.05) is 0 Å². The summed E-state index contributed by atoms with van der Waals surface area (Å²) in [5, 5.41) is 20.8. The molecule has 0 aliphatic rings. The summed E-state index contributed by atoms with van der Waals surface area (Å²) in [5.41, 5.74) is -0.891. The first-order valence-corrected chi connectivity index (χ1v) is 7.10. The van der Waals surface area contributed by atoms with Crippen molar-refractivity contribution in [2.24, 2.45) is 0 Å². The van der Waals surface area contributed by atoms with Crippen LogP contribution in [0.1, 0.15) is 65.2 Å². The van der Waals surface area contributed by atoms with Gasteiger partial charge in [-0.2, -0.15) is 0 Å². The standard InChI is InChI=1S/C14H29NO3/c1-3-4-5-6-7-8-9-10-13(18)15-14(2,11-16)12-17/h16-17H,3-12H2,1-2H3,(H,15,18). The van der Waals surface area contributed by atoms with Gasteiger partial charge in [0.2, 0.25) is 5.91 Å². The number of carbonyl (C=O) groups is 1. The van der Waals surface area contributed by atoms with Crippen LogP contribution in [-0.4, -0.2) is 34.9 Å². The summed E-state index contributed by atoms with van der Waals surface area (Å²) in [4.78, 5) is 11.6. The molecule has 0 atom stereocenters. The Morgan fingerprint density at radius 3 is 2.00 bits per heavy atom. The number of amides is 1. The van der Waals surface area contributed by atoms with Crippen molar-refractivity contribution >= 4 is 5.91 Å². The lowest BCUT2D eigenvalue weighted by molar-refractivity contribution is -0.124. The average molecular weight is 259 g/mol. The van der Waals surface area contributed by atoms with Crippen molar-refractivity contribution in [3.05, 3.63) is 0 Å². The maximum atomic E-state index is 11.6. The lowest BCUT2D eigenvalue weighted by Crippen LogP contribution is -2.51. The zero-order valence-electron chi connectivity index (χ0n) is 11.9. The molecule has 0 radical (unpaired) electrons. The van der Waals surface area contributed by atoms with Crippen LogP contribution in [0.3, 0.4) is 0 Å². The zero-order chi connectivity index (χ0) is 13.9. The summed E-state index contributed by atoms with van der Waals surface area (Å²) in [6, 6.07) is 0. The van der Waals surface area contributed by atoms with Gasteiger partial charge in [0.25, 0.3) is 0 Å². The first-order chi connectivity index (χ1) is 8.58. The quantitative estimate of drug-likeness (QED) is 0.497. The molecule has 108 valence electrons. The van der Waals surface area contributed by atoms with Gasteiger partial charge in [0.05, 0.1) is 18.8 Å². The maximum absolute atomic E-state index is 11.6. The van der Waals surface area contributed by atoms with Gasteiger partial charge in [-0.3, -0.25) is 4.79 Å². The predicted octanol–water partition coefficient (Wildman–Crippen LogP) is 1.99. The van der Waals surface area contributed by atoms with E-state index in [1.165, 1.54) is 32.1 Å². The summed E-state index contributed by atoms with van der Waals surface area (Å²) in [6.07, 6.45) is 8.70. The second kappa shape index (κ2) is 10.3. The number of carbonyl (C=O) groups excluding carboxylic acids is 1. The van der Waals surface area contributed by atoms with E-state index in [2.05, 4.69) is 12.2 Å². The Labute approximate surface area is 111 Å². The van der Waals surface area contributed by atoms with E-state index in [-0.39, 0.29) is 19.1 Å². The second-order valence-electron chi connectivity index (χ2n) is 5.30. The Hall–Kier alpha value is -0.610. The number of aliphatic hydroxyl groups excluding tert-OH is 2. The minimum absolute atomic E-state index is 0.0887. The van der Waals surface area contributed by atoms with E-state index in [0.29, 0.717) is 6.42 Å². The normalized spacial score (nSPS) is 11.6. The number of nitrogens with one attached hydrogen (secondary N) is 1. The van der Waals surface area contributed by atoms with Gasteiger partial charge in [-0.15, -0.1) is 0 Å². The largest absolute Gasteiger partial charge is 0.394 e. The van der Waals surface area contributed by atoms with Crippen molar-refractivity contribution in [1.29, 1.82) is 0 Å². The minimum Gasteiger partial charge on any atom is -0.394 e. The predicted molar refractivity (Wildman–Crippen MR) is 73.3 cm³/mol. The SMILES string of the molecule is CCCCCCCCCC(=O)NC(C)(CO)CO. The molecule has 4 heteroatoms. The van der Waals surface area contributed by atoms with E-state index in [1.54, 1.807) is 6.92 Å². The van der Waals surface area contributed by atoms with Crippen LogP contribution in [0.5, 0.6) is 0 Å². The number of hydrogen-bond acceptors (Lipinski definition) is 3. The molecule has 0 aromatic carbocycles. The Morgan fingerprint density at radius 2 is 1.50 bits per heavy atom. The van der Waals surface area contributed by atoms with Crippen LogP contribution in [-0.2, 0) is 4.79 Å². The lowest BCUT2D eigenvalue weighted by atomic mass is 10.0. The van der Waals surface area contributed by atoms with E-state index >= 15 is 0 Å². The van der Waals surface area contributed by atoms with Crippen LogP contribution < -0.4 is 5.32 Å². The van der Waals surface area contributed by atoms with E-state index in [4.69, 9.17) is 10.2 Å². The average Bonchev–Trinajstić information content (AvgIpc) is 2.37. The van der Waals surface area contributed by atoms with Gasteiger partial charge in [-0.05, 0) is 13.3 Å². The molecule has 0 saturated heterocycles. The summed E-state index contributed by atoms with van der Waals surface area (Å²) in [7, 11) is 0. The Balaban J connectivity index is 3.53. The number of aliphatic hydroxyl groups is 2. The molecular formula is C14H29NO3. The molecule has 0 aromatic heterocycles. The van der Waals surface area contributed by atoms with Gasteiger partial charge in [0, 0.05) is 6.42 Å². The molecule has 18 heavy (non-hydrogen) atoms. The molecule has 0 heterocycles. The third-order valence-electron chi connectivity index (χ3n) is 3.15. The molecule has 3 N–H and O–H groups in total. The topological polar surface area (TPSA) is 69.6 Å². The first-order valence-electron chi connectivity index (χ1n) is 7.10. The third-order valence-corrected chi connectivity index (χ3v) is 3.15. The molecule has 0 saturated carbocycles. The van der Waals surface area contributed by atoms with Crippen molar-refractivity contribution in [3.63, 3.8) is 0 Å². The summed E-state index contributed by atoms with van der Waals surface area (Å²) >= 11 is 0. The van der Waals surface area contributed by atoms with Gasteiger partial charge in [0.15, 0.2) is 0 Å². The molecule has 0 unspecified atom stereocenters. The molecule has 4 nitrogen and oxygen atoms in total. The van der Waals surface area contributed by atoms with Gasteiger partial charge in [0.1, 0.15) is 0 Å². The summed E-state index contributed by atoms with van der Waals surface area (Å²) in [6.45, 7) is 3.35. The Morgan fingerprint density at radius 1 is 1.00 bits per heavy atom. The maximum Gasteiger partial charge on any atom is 0.220 e. The molecule has 0 spiro atoms. The van der Waals surface area contributed by atoms with Crippen molar-refractivity contribution in [2.75, 3.05) is 13.2 Å². The fraction of sp³-hybridized carbons (Fsp3) is 0.929. The molecule has 0 fully saturated rings. The van der Waals surface area contributed by atoms with Crippen molar-refractivity contribution in [2.45, 2.75) is 70.8 Å². The molecule has 0 aliphatic carbocycles. The van der Waals surface area contributed by atoms with Crippen LogP contribution >= 0.6 is 0 Å². The Kier molecular flexibility index (Phi) is 9.98. The van der Waals surface area contributed by atoms with Crippen LogP contribution in [0.25, 0.3) is 0 Å². The van der Waals surface area contributed by atoms with E-state index < -0.39 is 5.54 Å². The van der Waals surface area contributed by atoms with Crippen LogP contribution in [0.15, 0.2) is 0 Å². The fourth-order valence-electron chi connectivity index (χ4n) is 1.77. The van der Waals surface area contributed by atoms with Crippen LogP contribution in [0, 0.1) is 0 Å². The van der Waals surface area contributed by atoms with Gasteiger partial charge in [-0.1, -0.05) is 45.4 Å². The highest BCUT2D eigenvalue weighted by Crippen LogP contribution is 2.09. The van der Waals surface area contributed by atoms with Gasteiger partial charge in [-0.25, -0.2) is 0 Å². The fourth-order valence-corrected chi connectivity index (χ4v) is 1.77. The van der Waals surface area contributed by atoms with E-state index in [0.717, 1.165) is 12.8 Å². The van der Waals surface area contributed by atoms with Crippen molar-refractivity contribution in [3.8, 4) is 0 Å². The van der Waals surface area contributed by atoms with Crippen molar-refractivity contribution < 1.29 is 15.0 Å². The highest BCUT2D eigenvalue weighted by molar-refractivity contribution is 5.76. The lowest BCUT2D eigenvalue weighted by Gasteiger charge is -2.26. The summed E-state index contributed by atoms with van der Waals surface area (Å²) < 4.78 is 0. The number of rotatable bonds is 11. The number of hydrogen-bond donors (Lipinski definition) is 3. The van der Waals surface area contributed by atoms with Crippen LogP contribution in [0.2, 0.25) is 0 Å². The molecule has 0 aromatic rings. The highest BCUT2D eigenvalue weighted by Gasteiger charge is 2.23. The van der Waals surface area contributed by atoms with Gasteiger partial charge < -0.3 is 15.5 Å². The third kappa shape index (κ3) is 8.48. The molecular weight excluding hydrogens is 230 g/mol. The molecule has 1 amide bonds. The minimum atomic E-state index is -0.891. The van der Waals surface area contributed by atoms with E-state index in [9.17, 15) is 4.79 Å². The molecule has 0 aliphatic heterocycles. The number of unbranched alkanes of at least 4 members (excludes halogenated alkanes) is 6. The Bertz CT molecular complexity index is 215. The van der Waals surface area contributed by atoms with Gasteiger partial charge >= 0.3 is 0 Å². The smallest absolute Gasteiger partial charge is 0.220 e. The van der Waals surface area contributed by atoms with Crippen LogP contribution in [0.4, 0.5) is 0 Å². The van der Waals surface area contributed by atoms with Crippen molar-refractivity contribution in [1.82, 2.24) is 5.32 Å². The first kappa shape index (κ1) is 17.4. The monoisotopic (exact) mass is 259 g/mol. The summed E-state index contributed by atoms with van der Waals surface area (Å²) in [5.74, 6) is -0.0887. The second-order valence-corrected chi connectivity index (χ2v) is 5.30. The zero-order valence-corrected chi connectivity index (χ0v) is 11.9.